The van der Waals surface area contributed by atoms with Crippen LogP contribution in [0.3, 0.4) is 0 Å². The molecule has 1 aromatic rings. The predicted octanol–water partition coefficient (Wildman–Crippen LogP) is 3.43. The van der Waals surface area contributed by atoms with Crippen LogP contribution in [0, 0.1) is 5.82 Å². The fourth-order valence-electron chi connectivity index (χ4n) is 1.51. The topological polar surface area (TPSA) is 20.2 Å². The van der Waals surface area contributed by atoms with E-state index in [9.17, 15) is 9.50 Å². The first-order chi connectivity index (χ1) is 6.15. The summed E-state index contributed by atoms with van der Waals surface area (Å²) in [4.78, 5) is 0. The first kappa shape index (κ1) is 10.0. The van der Waals surface area contributed by atoms with Crippen molar-refractivity contribution < 1.29 is 9.50 Å². The van der Waals surface area contributed by atoms with Gasteiger partial charge in [0.1, 0.15) is 11.6 Å². The zero-order valence-electron chi connectivity index (χ0n) is 8.05. The Bertz CT molecular complexity index is 283. The molecular weight excluding hydrogens is 167 g/mol. The molecule has 0 saturated carbocycles. The first-order valence-corrected chi connectivity index (χ1v) is 4.63. The molecule has 1 unspecified atom stereocenters. The van der Waals surface area contributed by atoms with Crippen molar-refractivity contribution in [2.75, 3.05) is 0 Å². The van der Waals surface area contributed by atoms with Crippen molar-refractivity contribution in [1.82, 2.24) is 0 Å². The Hall–Kier alpha value is -1.05. The summed E-state index contributed by atoms with van der Waals surface area (Å²) in [5.74, 6) is 0.138. The van der Waals surface area contributed by atoms with E-state index < -0.39 is 0 Å². The molecule has 0 aliphatic rings. The van der Waals surface area contributed by atoms with Crippen LogP contribution < -0.4 is 0 Å². The van der Waals surface area contributed by atoms with Crippen LogP contribution in [0.5, 0.6) is 5.75 Å². The van der Waals surface area contributed by atoms with E-state index in [1.54, 1.807) is 0 Å². The van der Waals surface area contributed by atoms with E-state index in [2.05, 4.69) is 6.92 Å². The van der Waals surface area contributed by atoms with E-state index in [-0.39, 0.29) is 17.5 Å². The van der Waals surface area contributed by atoms with E-state index in [4.69, 9.17) is 0 Å². The van der Waals surface area contributed by atoms with E-state index in [0.29, 0.717) is 5.56 Å². The van der Waals surface area contributed by atoms with Gasteiger partial charge in [-0.2, -0.15) is 0 Å². The normalized spacial score (nSPS) is 12.8. The van der Waals surface area contributed by atoms with Crippen molar-refractivity contribution in [3.63, 3.8) is 0 Å². The predicted molar refractivity (Wildman–Crippen MR) is 51.4 cm³/mol. The summed E-state index contributed by atoms with van der Waals surface area (Å²) in [6.45, 7) is 4.07. The number of hydrogen-bond acceptors (Lipinski definition) is 1. The summed E-state index contributed by atoms with van der Waals surface area (Å²) in [5, 5.41) is 9.47. The molecule has 0 aromatic heterocycles. The molecule has 1 aromatic carbocycles. The third kappa shape index (κ3) is 2.44. The van der Waals surface area contributed by atoms with Crippen molar-refractivity contribution in [3.05, 3.63) is 29.6 Å². The molecule has 0 amide bonds. The van der Waals surface area contributed by atoms with Gasteiger partial charge in [0, 0.05) is 0 Å². The van der Waals surface area contributed by atoms with Crippen LogP contribution >= 0.6 is 0 Å². The van der Waals surface area contributed by atoms with Gasteiger partial charge in [-0.15, -0.1) is 0 Å². The average molecular weight is 182 g/mol. The molecule has 0 radical (unpaired) electrons. The third-order valence-corrected chi connectivity index (χ3v) is 2.24. The molecule has 2 heteroatoms. The Balaban J connectivity index is 2.91. The van der Waals surface area contributed by atoms with E-state index in [1.165, 1.54) is 18.2 Å². The van der Waals surface area contributed by atoms with Crippen LogP contribution in [0.1, 0.15) is 38.2 Å². The van der Waals surface area contributed by atoms with Gasteiger partial charge in [0.15, 0.2) is 0 Å². The lowest BCUT2D eigenvalue weighted by atomic mass is 9.96. The minimum atomic E-state index is -0.282. The summed E-state index contributed by atoms with van der Waals surface area (Å²) < 4.78 is 12.8. The lowest BCUT2D eigenvalue weighted by Crippen LogP contribution is -1.94. The smallest absolute Gasteiger partial charge is 0.123 e. The first-order valence-electron chi connectivity index (χ1n) is 4.63. The van der Waals surface area contributed by atoms with Crippen molar-refractivity contribution in [1.29, 1.82) is 0 Å². The van der Waals surface area contributed by atoms with Crippen LogP contribution in [0.4, 0.5) is 4.39 Å². The minimum Gasteiger partial charge on any atom is -0.508 e. The Labute approximate surface area is 78.2 Å². The van der Waals surface area contributed by atoms with E-state index in [0.717, 1.165) is 12.8 Å². The SMILES string of the molecule is CCCC(C)c1cc(F)ccc1O. The molecular formula is C11H15FO. The molecule has 1 N–H and O–H groups in total. The van der Waals surface area contributed by atoms with Crippen LogP contribution in [-0.4, -0.2) is 5.11 Å². The van der Waals surface area contributed by atoms with Gasteiger partial charge in [-0.3, -0.25) is 0 Å². The molecule has 0 fully saturated rings. The third-order valence-electron chi connectivity index (χ3n) is 2.24. The van der Waals surface area contributed by atoms with Crippen LogP contribution in [-0.2, 0) is 0 Å². The molecule has 0 bridgehead atoms. The highest BCUT2D eigenvalue weighted by Crippen LogP contribution is 2.29. The van der Waals surface area contributed by atoms with E-state index >= 15 is 0 Å². The zero-order chi connectivity index (χ0) is 9.84. The monoisotopic (exact) mass is 182 g/mol. The lowest BCUT2D eigenvalue weighted by molar-refractivity contribution is 0.457. The highest BCUT2D eigenvalue weighted by atomic mass is 19.1. The second-order valence-electron chi connectivity index (χ2n) is 3.39. The minimum absolute atomic E-state index is 0.197. The van der Waals surface area contributed by atoms with Gasteiger partial charge >= 0.3 is 0 Å². The second kappa shape index (κ2) is 4.26. The maximum atomic E-state index is 12.8. The number of phenols is 1. The second-order valence-corrected chi connectivity index (χ2v) is 3.39. The Morgan fingerprint density at radius 2 is 2.15 bits per heavy atom. The van der Waals surface area contributed by atoms with Gasteiger partial charge in [0.05, 0.1) is 0 Å². The molecule has 1 rings (SSSR count). The number of benzene rings is 1. The number of halogens is 1. The Morgan fingerprint density at radius 3 is 2.77 bits per heavy atom. The molecule has 0 saturated heterocycles. The number of rotatable bonds is 3. The van der Waals surface area contributed by atoms with Gasteiger partial charge in [0.25, 0.3) is 0 Å². The number of phenolic OH excluding ortho intramolecular Hbond substituents is 1. The Morgan fingerprint density at radius 1 is 1.46 bits per heavy atom. The van der Waals surface area contributed by atoms with Crippen molar-refractivity contribution in [3.8, 4) is 5.75 Å². The molecule has 1 nitrogen and oxygen atoms in total. The summed E-state index contributed by atoms with van der Waals surface area (Å²) in [7, 11) is 0. The fraction of sp³-hybridized carbons (Fsp3) is 0.455. The van der Waals surface area contributed by atoms with E-state index in [1.807, 2.05) is 6.92 Å². The molecule has 72 valence electrons. The van der Waals surface area contributed by atoms with Crippen LogP contribution in [0.15, 0.2) is 18.2 Å². The summed E-state index contributed by atoms with van der Waals surface area (Å²) >= 11 is 0. The van der Waals surface area contributed by atoms with Gasteiger partial charge in [-0.1, -0.05) is 20.3 Å². The van der Waals surface area contributed by atoms with Crippen LogP contribution in [0.2, 0.25) is 0 Å². The summed E-state index contributed by atoms with van der Waals surface area (Å²) in [6, 6.07) is 4.10. The quantitative estimate of drug-likeness (QED) is 0.759. The summed E-state index contributed by atoms with van der Waals surface area (Å²) in [5.41, 5.74) is 0.710. The van der Waals surface area contributed by atoms with Crippen LogP contribution in [0.25, 0.3) is 0 Å². The van der Waals surface area contributed by atoms with Crippen molar-refractivity contribution in [2.24, 2.45) is 0 Å². The van der Waals surface area contributed by atoms with Gasteiger partial charge in [0.2, 0.25) is 0 Å². The molecule has 0 aliphatic heterocycles. The van der Waals surface area contributed by atoms with Gasteiger partial charge in [-0.25, -0.2) is 4.39 Å². The van der Waals surface area contributed by atoms with Crippen molar-refractivity contribution >= 4 is 0 Å². The summed E-state index contributed by atoms with van der Waals surface area (Å²) in [6.07, 6.45) is 2.01. The standard InChI is InChI=1S/C11H15FO/c1-3-4-8(2)10-7-9(12)5-6-11(10)13/h5-8,13H,3-4H2,1-2H3. The molecule has 0 spiro atoms. The number of aromatic hydroxyl groups is 1. The van der Waals surface area contributed by atoms with Gasteiger partial charge in [-0.05, 0) is 36.1 Å². The fourth-order valence-corrected chi connectivity index (χ4v) is 1.51. The largest absolute Gasteiger partial charge is 0.508 e. The van der Waals surface area contributed by atoms with Gasteiger partial charge < -0.3 is 5.11 Å². The molecule has 0 aliphatic carbocycles. The molecule has 0 heterocycles. The molecule has 1 atom stereocenters. The highest BCUT2D eigenvalue weighted by molar-refractivity contribution is 5.35. The highest BCUT2D eigenvalue weighted by Gasteiger charge is 2.09. The maximum Gasteiger partial charge on any atom is 0.123 e. The van der Waals surface area contributed by atoms with Crippen molar-refractivity contribution in [2.45, 2.75) is 32.6 Å². The molecule has 13 heavy (non-hydrogen) atoms. The zero-order valence-corrected chi connectivity index (χ0v) is 8.05. The lowest BCUT2D eigenvalue weighted by Gasteiger charge is -2.12. The Kier molecular flexibility index (Phi) is 3.29. The average Bonchev–Trinajstić information content (AvgIpc) is 2.09. The maximum absolute atomic E-state index is 12.8. The number of hydrogen-bond donors (Lipinski definition) is 1.